The summed E-state index contributed by atoms with van der Waals surface area (Å²) in [7, 11) is 0. The Morgan fingerprint density at radius 1 is 1.39 bits per heavy atom. The third-order valence-corrected chi connectivity index (χ3v) is 2.65. The molecule has 0 saturated heterocycles. The zero-order valence-electron chi connectivity index (χ0n) is 11.3. The van der Waals surface area contributed by atoms with Gasteiger partial charge in [0.2, 0.25) is 0 Å². The topological polar surface area (TPSA) is 36.4 Å². The fourth-order valence-electron chi connectivity index (χ4n) is 1.46. The van der Waals surface area contributed by atoms with Gasteiger partial charge < -0.3 is 10.6 Å². The van der Waals surface area contributed by atoms with Crippen LogP contribution in [0.15, 0.2) is 29.3 Å². The molecule has 3 nitrogen and oxygen atoms in total. The van der Waals surface area contributed by atoms with Gasteiger partial charge in [-0.05, 0) is 38.0 Å². The standard InChI is InChI=1S/C14H22FN3/c1-4-11(3)18-14(16-5-2)17-10-12-7-6-8-13(15)9-12/h6-9,11H,4-5,10H2,1-3H3,(H2,16,17,18). The van der Waals surface area contributed by atoms with Crippen LogP contribution >= 0.6 is 0 Å². The summed E-state index contributed by atoms with van der Waals surface area (Å²) >= 11 is 0. The number of benzene rings is 1. The van der Waals surface area contributed by atoms with Crippen LogP contribution < -0.4 is 10.6 Å². The van der Waals surface area contributed by atoms with Crippen LogP contribution in [-0.4, -0.2) is 18.5 Å². The van der Waals surface area contributed by atoms with E-state index in [-0.39, 0.29) is 5.82 Å². The van der Waals surface area contributed by atoms with Crippen molar-refractivity contribution in [3.63, 3.8) is 0 Å². The lowest BCUT2D eigenvalue weighted by Gasteiger charge is -2.16. The Labute approximate surface area is 109 Å². The molecule has 0 bridgehead atoms. The predicted octanol–water partition coefficient (Wildman–Crippen LogP) is 2.68. The molecule has 1 unspecified atom stereocenters. The number of nitrogens with one attached hydrogen (secondary N) is 2. The highest BCUT2D eigenvalue weighted by atomic mass is 19.1. The number of halogens is 1. The molecule has 0 aliphatic rings. The summed E-state index contributed by atoms with van der Waals surface area (Å²) in [4.78, 5) is 4.44. The van der Waals surface area contributed by atoms with E-state index in [1.807, 2.05) is 13.0 Å². The Kier molecular flexibility index (Phi) is 6.19. The predicted molar refractivity (Wildman–Crippen MR) is 74.1 cm³/mol. The maximum atomic E-state index is 13.0. The quantitative estimate of drug-likeness (QED) is 0.623. The molecule has 0 spiro atoms. The van der Waals surface area contributed by atoms with Gasteiger partial charge in [0.15, 0.2) is 5.96 Å². The summed E-state index contributed by atoms with van der Waals surface area (Å²) in [5.74, 6) is 0.554. The van der Waals surface area contributed by atoms with E-state index in [4.69, 9.17) is 0 Å². The van der Waals surface area contributed by atoms with E-state index < -0.39 is 0 Å². The molecule has 1 aromatic rings. The molecule has 2 N–H and O–H groups in total. The molecule has 1 atom stereocenters. The van der Waals surface area contributed by atoms with Crippen LogP contribution in [0.2, 0.25) is 0 Å². The SMILES string of the molecule is CCNC(=NCc1cccc(F)c1)NC(C)CC. The van der Waals surface area contributed by atoms with Crippen molar-refractivity contribution in [1.29, 1.82) is 0 Å². The number of hydrogen-bond donors (Lipinski definition) is 2. The molecule has 18 heavy (non-hydrogen) atoms. The molecule has 0 heterocycles. The minimum absolute atomic E-state index is 0.220. The van der Waals surface area contributed by atoms with E-state index in [1.54, 1.807) is 6.07 Å². The van der Waals surface area contributed by atoms with Gasteiger partial charge >= 0.3 is 0 Å². The molecule has 4 heteroatoms. The van der Waals surface area contributed by atoms with Crippen LogP contribution in [0.1, 0.15) is 32.8 Å². The number of aliphatic imine (C=N–C) groups is 1. The first-order chi connectivity index (χ1) is 8.65. The Morgan fingerprint density at radius 3 is 2.78 bits per heavy atom. The Balaban J connectivity index is 2.64. The van der Waals surface area contributed by atoms with Crippen LogP contribution in [-0.2, 0) is 6.54 Å². The van der Waals surface area contributed by atoms with Crippen molar-refractivity contribution < 1.29 is 4.39 Å². The van der Waals surface area contributed by atoms with E-state index in [2.05, 4.69) is 29.5 Å². The number of guanidine groups is 1. The third kappa shape index (κ3) is 5.17. The number of hydrogen-bond acceptors (Lipinski definition) is 1. The summed E-state index contributed by atoms with van der Waals surface area (Å²) in [6.07, 6.45) is 1.03. The molecular formula is C14H22FN3. The van der Waals surface area contributed by atoms with Gasteiger partial charge in [-0.2, -0.15) is 0 Å². The summed E-state index contributed by atoms with van der Waals surface area (Å²) < 4.78 is 13.0. The van der Waals surface area contributed by atoms with Gasteiger partial charge in [0.1, 0.15) is 5.82 Å². The molecular weight excluding hydrogens is 229 g/mol. The zero-order valence-corrected chi connectivity index (χ0v) is 11.3. The van der Waals surface area contributed by atoms with Crippen LogP contribution in [0.5, 0.6) is 0 Å². The second-order valence-electron chi connectivity index (χ2n) is 4.28. The highest BCUT2D eigenvalue weighted by Gasteiger charge is 2.02. The van der Waals surface area contributed by atoms with Crippen LogP contribution in [0.4, 0.5) is 4.39 Å². The van der Waals surface area contributed by atoms with Crippen LogP contribution in [0.3, 0.4) is 0 Å². The van der Waals surface area contributed by atoms with Crippen molar-refractivity contribution >= 4 is 5.96 Å². The molecule has 1 aromatic carbocycles. The molecule has 0 amide bonds. The lowest BCUT2D eigenvalue weighted by Crippen LogP contribution is -2.41. The summed E-state index contributed by atoms with van der Waals surface area (Å²) in [5, 5.41) is 6.48. The van der Waals surface area contributed by atoms with E-state index in [0.717, 1.165) is 24.5 Å². The van der Waals surface area contributed by atoms with Crippen molar-refractivity contribution in [2.24, 2.45) is 4.99 Å². The monoisotopic (exact) mass is 251 g/mol. The first kappa shape index (κ1) is 14.5. The van der Waals surface area contributed by atoms with Crippen molar-refractivity contribution in [2.75, 3.05) is 6.54 Å². The molecule has 0 saturated carbocycles. The molecule has 1 rings (SSSR count). The van der Waals surface area contributed by atoms with Crippen molar-refractivity contribution in [3.05, 3.63) is 35.6 Å². The van der Waals surface area contributed by atoms with Gasteiger partial charge in [0.25, 0.3) is 0 Å². The van der Waals surface area contributed by atoms with Gasteiger partial charge in [-0.15, -0.1) is 0 Å². The third-order valence-electron chi connectivity index (χ3n) is 2.65. The Morgan fingerprint density at radius 2 is 2.17 bits per heavy atom. The second-order valence-corrected chi connectivity index (χ2v) is 4.28. The van der Waals surface area contributed by atoms with E-state index in [9.17, 15) is 4.39 Å². The van der Waals surface area contributed by atoms with Crippen LogP contribution in [0.25, 0.3) is 0 Å². The van der Waals surface area contributed by atoms with Crippen molar-refractivity contribution in [1.82, 2.24) is 10.6 Å². The fourth-order valence-corrected chi connectivity index (χ4v) is 1.46. The fraction of sp³-hybridized carbons (Fsp3) is 0.500. The van der Waals surface area contributed by atoms with E-state index >= 15 is 0 Å². The maximum absolute atomic E-state index is 13.0. The smallest absolute Gasteiger partial charge is 0.191 e. The highest BCUT2D eigenvalue weighted by Crippen LogP contribution is 2.04. The minimum atomic E-state index is -0.220. The maximum Gasteiger partial charge on any atom is 0.191 e. The van der Waals surface area contributed by atoms with Crippen molar-refractivity contribution in [3.8, 4) is 0 Å². The summed E-state index contributed by atoms with van der Waals surface area (Å²) in [5.41, 5.74) is 0.872. The number of nitrogens with zero attached hydrogens (tertiary/aromatic N) is 1. The first-order valence-electron chi connectivity index (χ1n) is 6.45. The Hall–Kier alpha value is -1.58. The largest absolute Gasteiger partial charge is 0.357 e. The lowest BCUT2D eigenvalue weighted by atomic mass is 10.2. The zero-order chi connectivity index (χ0) is 13.4. The number of rotatable bonds is 5. The molecule has 0 radical (unpaired) electrons. The van der Waals surface area contributed by atoms with Crippen molar-refractivity contribution in [2.45, 2.75) is 39.8 Å². The van der Waals surface area contributed by atoms with Gasteiger partial charge in [-0.3, -0.25) is 0 Å². The Bertz CT molecular complexity index is 390. The van der Waals surface area contributed by atoms with E-state index in [0.29, 0.717) is 12.6 Å². The average molecular weight is 251 g/mol. The van der Waals surface area contributed by atoms with E-state index in [1.165, 1.54) is 12.1 Å². The molecule has 0 fully saturated rings. The normalized spacial score (nSPS) is 13.2. The molecule has 0 aromatic heterocycles. The molecule has 100 valence electrons. The summed E-state index contributed by atoms with van der Waals surface area (Å²) in [6.45, 7) is 7.54. The molecule has 0 aliphatic heterocycles. The van der Waals surface area contributed by atoms with Gasteiger partial charge in [-0.1, -0.05) is 19.1 Å². The van der Waals surface area contributed by atoms with Gasteiger partial charge in [0.05, 0.1) is 6.54 Å². The average Bonchev–Trinajstić information content (AvgIpc) is 2.36. The van der Waals surface area contributed by atoms with Gasteiger partial charge in [0, 0.05) is 12.6 Å². The molecule has 0 aliphatic carbocycles. The van der Waals surface area contributed by atoms with Crippen LogP contribution in [0, 0.1) is 5.82 Å². The van der Waals surface area contributed by atoms with Gasteiger partial charge in [-0.25, -0.2) is 9.38 Å². The minimum Gasteiger partial charge on any atom is -0.357 e. The first-order valence-corrected chi connectivity index (χ1v) is 6.45. The lowest BCUT2D eigenvalue weighted by molar-refractivity contribution is 0.621. The highest BCUT2D eigenvalue weighted by molar-refractivity contribution is 5.80. The summed E-state index contributed by atoms with van der Waals surface area (Å²) in [6, 6.07) is 6.90. The second kappa shape index (κ2) is 7.69.